The van der Waals surface area contributed by atoms with Gasteiger partial charge in [-0.25, -0.2) is 0 Å². The number of halogens is 3. The zero-order chi connectivity index (χ0) is 13.1. The fraction of sp³-hybridized carbons (Fsp3) is 0.364. The van der Waals surface area contributed by atoms with Gasteiger partial charge in [0.2, 0.25) is 0 Å². The lowest BCUT2D eigenvalue weighted by atomic mass is 10.0. The summed E-state index contributed by atoms with van der Waals surface area (Å²) in [7, 11) is 2.38. The van der Waals surface area contributed by atoms with E-state index >= 15 is 0 Å². The molecule has 0 saturated carbocycles. The Labute approximate surface area is 96.4 Å². The Bertz CT molecular complexity index is 449. The van der Waals surface area contributed by atoms with Crippen molar-refractivity contribution >= 4 is 0 Å². The lowest BCUT2D eigenvalue weighted by Crippen LogP contribution is -2.12. The van der Waals surface area contributed by atoms with Crippen LogP contribution in [0.2, 0.25) is 0 Å². The van der Waals surface area contributed by atoms with E-state index in [1.807, 2.05) is 0 Å². The van der Waals surface area contributed by atoms with Crippen LogP contribution in [0, 0.1) is 11.3 Å². The molecule has 0 unspecified atom stereocenters. The SMILES string of the molecule is COc1ccc(CC#N)c(C(F)(F)F)c1OC. The molecule has 0 saturated heterocycles. The summed E-state index contributed by atoms with van der Waals surface area (Å²) in [4.78, 5) is 0. The van der Waals surface area contributed by atoms with Gasteiger partial charge in [-0.2, -0.15) is 18.4 Å². The molecular weight excluding hydrogens is 235 g/mol. The Morgan fingerprint density at radius 1 is 1.24 bits per heavy atom. The molecule has 0 atom stereocenters. The summed E-state index contributed by atoms with van der Waals surface area (Å²) in [5.41, 5.74) is -1.08. The van der Waals surface area contributed by atoms with E-state index in [-0.39, 0.29) is 17.7 Å². The zero-order valence-electron chi connectivity index (χ0n) is 9.26. The molecule has 0 aliphatic heterocycles. The molecule has 6 heteroatoms. The monoisotopic (exact) mass is 245 g/mol. The summed E-state index contributed by atoms with van der Waals surface area (Å²) in [6.45, 7) is 0. The van der Waals surface area contributed by atoms with Gasteiger partial charge >= 0.3 is 6.18 Å². The van der Waals surface area contributed by atoms with Gasteiger partial charge in [-0.15, -0.1) is 0 Å². The van der Waals surface area contributed by atoms with Crippen molar-refractivity contribution in [2.24, 2.45) is 0 Å². The second-order valence-electron chi connectivity index (χ2n) is 3.17. The Morgan fingerprint density at radius 3 is 2.29 bits per heavy atom. The minimum Gasteiger partial charge on any atom is -0.493 e. The third kappa shape index (κ3) is 2.61. The molecule has 0 N–H and O–H groups in total. The fourth-order valence-corrected chi connectivity index (χ4v) is 1.51. The van der Waals surface area contributed by atoms with Gasteiger partial charge in [0.1, 0.15) is 5.56 Å². The Balaban J connectivity index is 3.51. The van der Waals surface area contributed by atoms with Gasteiger partial charge < -0.3 is 9.47 Å². The Kier molecular flexibility index (Phi) is 3.84. The molecule has 0 aliphatic rings. The normalized spacial score (nSPS) is 10.8. The second-order valence-corrected chi connectivity index (χ2v) is 3.17. The highest BCUT2D eigenvalue weighted by atomic mass is 19.4. The van der Waals surface area contributed by atoms with Crippen molar-refractivity contribution in [3.05, 3.63) is 23.3 Å². The average molecular weight is 245 g/mol. The standard InChI is InChI=1S/C11H10F3NO2/c1-16-8-4-3-7(5-6-15)9(10(8)17-2)11(12,13)14/h3-4H,5H2,1-2H3. The van der Waals surface area contributed by atoms with Gasteiger partial charge in [0.05, 0.1) is 26.7 Å². The minimum atomic E-state index is -4.59. The first-order valence-corrected chi connectivity index (χ1v) is 4.63. The van der Waals surface area contributed by atoms with Crippen LogP contribution in [-0.4, -0.2) is 14.2 Å². The zero-order valence-corrected chi connectivity index (χ0v) is 9.26. The number of hydrogen-bond acceptors (Lipinski definition) is 3. The first-order chi connectivity index (χ1) is 7.95. The van der Waals surface area contributed by atoms with Crippen molar-refractivity contribution in [2.45, 2.75) is 12.6 Å². The van der Waals surface area contributed by atoms with Crippen molar-refractivity contribution in [3.8, 4) is 17.6 Å². The molecule has 0 spiro atoms. The van der Waals surface area contributed by atoms with Crippen molar-refractivity contribution in [3.63, 3.8) is 0 Å². The first kappa shape index (κ1) is 13.2. The van der Waals surface area contributed by atoms with Gasteiger partial charge in [-0.05, 0) is 11.6 Å². The maximum Gasteiger partial charge on any atom is 0.420 e. The number of alkyl halides is 3. The van der Waals surface area contributed by atoms with Crippen LogP contribution in [0.3, 0.4) is 0 Å². The van der Waals surface area contributed by atoms with Crippen molar-refractivity contribution in [2.75, 3.05) is 14.2 Å². The summed E-state index contributed by atoms with van der Waals surface area (Å²) >= 11 is 0. The summed E-state index contributed by atoms with van der Waals surface area (Å²) in [6.07, 6.45) is -4.93. The van der Waals surface area contributed by atoms with Crippen LogP contribution in [0.5, 0.6) is 11.5 Å². The van der Waals surface area contributed by atoms with Crippen molar-refractivity contribution in [1.29, 1.82) is 5.26 Å². The smallest absolute Gasteiger partial charge is 0.420 e. The van der Waals surface area contributed by atoms with Crippen LogP contribution in [0.15, 0.2) is 12.1 Å². The van der Waals surface area contributed by atoms with Gasteiger partial charge in [0, 0.05) is 0 Å². The summed E-state index contributed by atoms with van der Waals surface area (Å²) in [5, 5.41) is 8.51. The number of nitrogens with zero attached hydrogens (tertiary/aromatic N) is 1. The summed E-state index contributed by atoms with van der Waals surface area (Å²) < 4.78 is 48.2. The molecule has 17 heavy (non-hydrogen) atoms. The van der Waals surface area contributed by atoms with Crippen LogP contribution in [0.25, 0.3) is 0 Å². The quantitative estimate of drug-likeness (QED) is 0.822. The average Bonchev–Trinajstić information content (AvgIpc) is 2.27. The topological polar surface area (TPSA) is 42.2 Å². The molecule has 92 valence electrons. The second kappa shape index (κ2) is 4.95. The fourth-order valence-electron chi connectivity index (χ4n) is 1.51. The van der Waals surface area contributed by atoms with E-state index in [2.05, 4.69) is 0 Å². The molecule has 0 fully saturated rings. The molecule has 0 bridgehead atoms. The van der Waals surface area contributed by atoms with E-state index in [4.69, 9.17) is 14.7 Å². The lowest BCUT2D eigenvalue weighted by molar-refractivity contribution is -0.139. The predicted molar refractivity (Wildman–Crippen MR) is 53.9 cm³/mol. The van der Waals surface area contributed by atoms with Crippen molar-refractivity contribution in [1.82, 2.24) is 0 Å². The van der Waals surface area contributed by atoms with Crippen LogP contribution in [0.4, 0.5) is 13.2 Å². The van der Waals surface area contributed by atoms with Gasteiger partial charge in [-0.1, -0.05) is 6.07 Å². The van der Waals surface area contributed by atoms with Crippen LogP contribution in [0.1, 0.15) is 11.1 Å². The Morgan fingerprint density at radius 2 is 1.88 bits per heavy atom. The molecule has 0 amide bonds. The lowest BCUT2D eigenvalue weighted by Gasteiger charge is -2.17. The predicted octanol–water partition coefficient (Wildman–Crippen LogP) is 2.79. The molecule has 1 rings (SSSR count). The maximum atomic E-state index is 12.9. The van der Waals surface area contributed by atoms with E-state index in [1.54, 1.807) is 6.07 Å². The highest BCUT2D eigenvalue weighted by Gasteiger charge is 2.38. The molecule has 3 nitrogen and oxygen atoms in total. The largest absolute Gasteiger partial charge is 0.493 e. The van der Waals surface area contributed by atoms with E-state index < -0.39 is 17.5 Å². The number of nitriles is 1. The first-order valence-electron chi connectivity index (χ1n) is 4.63. The van der Waals surface area contributed by atoms with Crippen LogP contribution < -0.4 is 9.47 Å². The number of hydrogen-bond donors (Lipinski definition) is 0. The minimum absolute atomic E-state index is 0.0125. The summed E-state index contributed by atoms with van der Waals surface area (Å²) in [6, 6.07) is 4.25. The molecule has 0 heterocycles. The van der Waals surface area contributed by atoms with Crippen LogP contribution in [-0.2, 0) is 12.6 Å². The van der Waals surface area contributed by atoms with E-state index in [0.717, 1.165) is 7.11 Å². The third-order valence-electron chi connectivity index (χ3n) is 2.18. The molecule has 0 aromatic heterocycles. The van der Waals surface area contributed by atoms with Crippen molar-refractivity contribution < 1.29 is 22.6 Å². The molecule has 1 aromatic rings. The highest BCUT2D eigenvalue weighted by Crippen LogP contribution is 2.43. The number of rotatable bonds is 3. The molecule has 0 radical (unpaired) electrons. The summed E-state index contributed by atoms with van der Waals surface area (Å²) in [5.74, 6) is -0.408. The van der Waals surface area contributed by atoms with Gasteiger partial charge in [0.15, 0.2) is 11.5 Å². The highest BCUT2D eigenvalue weighted by molar-refractivity contribution is 5.52. The molecular formula is C11H10F3NO2. The van der Waals surface area contributed by atoms with Gasteiger partial charge in [-0.3, -0.25) is 0 Å². The molecule has 1 aromatic carbocycles. The number of benzene rings is 1. The third-order valence-corrected chi connectivity index (χ3v) is 2.18. The number of methoxy groups -OCH3 is 2. The Hall–Kier alpha value is -1.90. The molecule has 0 aliphatic carbocycles. The maximum absolute atomic E-state index is 12.9. The number of ether oxygens (including phenoxy) is 2. The van der Waals surface area contributed by atoms with E-state index in [0.29, 0.717) is 0 Å². The van der Waals surface area contributed by atoms with E-state index in [9.17, 15) is 13.2 Å². The van der Waals surface area contributed by atoms with Gasteiger partial charge in [0.25, 0.3) is 0 Å². The van der Waals surface area contributed by atoms with Crippen LogP contribution >= 0.6 is 0 Å². The van der Waals surface area contributed by atoms with E-state index in [1.165, 1.54) is 19.2 Å².